The number of hydrogen-bond donors (Lipinski definition) is 2. The molecule has 0 saturated heterocycles. The Bertz CT molecular complexity index is 137. The Hall–Kier alpha value is -0.520. The summed E-state index contributed by atoms with van der Waals surface area (Å²) < 4.78 is 0. The zero-order valence-corrected chi connectivity index (χ0v) is 8.01. The molecule has 0 aromatic heterocycles. The summed E-state index contributed by atoms with van der Waals surface area (Å²) in [5.74, 6) is 3.06. The first-order valence-electron chi connectivity index (χ1n) is 4.50. The van der Waals surface area contributed by atoms with Crippen molar-refractivity contribution in [2.24, 2.45) is 5.92 Å². The predicted octanol–water partition coefficient (Wildman–Crippen LogP) is 1.01. The van der Waals surface area contributed by atoms with Crippen molar-refractivity contribution in [1.29, 1.82) is 0 Å². The van der Waals surface area contributed by atoms with Gasteiger partial charge in [-0.1, -0.05) is 13.8 Å². The topological polar surface area (TPSA) is 32.3 Å². The van der Waals surface area contributed by atoms with Crippen LogP contribution in [0, 0.1) is 18.3 Å². The largest absolute Gasteiger partial charge is 0.395 e. The lowest BCUT2D eigenvalue weighted by Crippen LogP contribution is -2.37. The Kier molecular flexibility index (Phi) is 6.84. The lowest BCUT2D eigenvalue weighted by molar-refractivity contribution is 0.211. The summed E-state index contributed by atoms with van der Waals surface area (Å²) >= 11 is 0. The molecule has 0 spiro atoms. The molecule has 0 aliphatic heterocycles. The number of rotatable bonds is 6. The fourth-order valence-electron chi connectivity index (χ4n) is 0.989. The third-order valence-electron chi connectivity index (χ3n) is 1.91. The van der Waals surface area contributed by atoms with Crippen molar-refractivity contribution in [3.63, 3.8) is 0 Å². The quantitative estimate of drug-likeness (QED) is 0.459. The first-order valence-corrected chi connectivity index (χ1v) is 4.50. The van der Waals surface area contributed by atoms with Crippen LogP contribution in [0.4, 0.5) is 0 Å². The van der Waals surface area contributed by atoms with E-state index in [9.17, 15) is 0 Å². The molecule has 1 atom stereocenters. The van der Waals surface area contributed by atoms with Crippen molar-refractivity contribution in [2.75, 3.05) is 13.2 Å². The van der Waals surface area contributed by atoms with Crippen LogP contribution in [0.1, 0.15) is 26.7 Å². The van der Waals surface area contributed by atoms with Gasteiger partial charge in [0.2, 0.25) is 0 Å². The van der Waals surface area contributed by atoms with E-state index in [1.807, 2.05) is 0 Å². The van der Waals surface area contributed by atoms with Gasteiger partial charge in [-0.25, -0.2) is 0 Å². The lowest BCUT2D eigenvalue weighted by Gasteiger charge is -2.19. The second kappa shape index (κ2) is 7.15. The van der Waals surface area contributed by atoms with Crippen LogP contribution in [0.5, 0.6) is 0 Å². The van der Waals surface area contributed by atoms with Crippen LogP contribution in [0.2, 0.25) is 0 Å². The molecule has 0 heterocycles. The number of nitrogens with one attached hydrogen (secondary N) is 1. The molecule has 12 heavy (non-hydrogen) atoms. The number of hydrogen-bond acceptors (Lipinski definition) is 2. The minimum atomic E-state index is 0.202. The lowest BCUT2D eigenvalue weighted by atomic mass is 10.1. The van der Waals surface area contributed by atoms with Crippen LogP contribution in [0.15, 0.2) is 0 Å². The van der Waals surface area contributed by atoms with Crippen LogP contribution in [0.25, 0.3) is 0 Å². The van der Waals surface area contributed by atoms with E-state index in [0.29, 0.717) is 5.92 Å². The summed E-state index contributed by atoms with van der Waals surface area (Å²) in [5.41, 5.74) is 0. The zero-order valence-electron chi connectivity index (χ0n) is 8.01. The molecule has 0 rings (SSSR count). The third kappa shape index (κ3) is 5.17. The monoisotopic (exact) mass is 169 g/mol. The molecular weight excluding hydrogens is 150 g/mol. The van der Waals surface area contributed by atoms with Crippen molar-refractivity contribution in [1.82, 2.24) is 5.32 Å². The average molecular weight is 169 g/mol. The summed E-state index contributed by atoms with van der Waals surface area (Å²) in [6.07, 6.45) is 6.91. The molecule has 0 saturated carbocycles. The molecule has 0 bridgehead atoms. The average Bonchev–Trinajstić information content (AvgIpc) is 2.04. The van der Waals surface area contributed by atoms with Crippen molar-refractivity contribution >= 4 is 0 Å². The van der Waals surface area contributed by atoms with E-state index in [0.717, 1.165) is 19.4 Å². The van der Waals surface area contributed by atoms with E-state index < -0.39 is 0 Å². The molecule has 0 fully saturated rings. The molecule has 70 valence electrons. The fourth-order valence-corrected chi connectivity index (χ4v) is 0.989. The fraction of sp³-hybridized carbons (Fsp3) is 0.800. The van der Waals surface area contributed by atoms with Gasteiger partial charge in [-0.05, 0) is 18.9 Å². The molecule has 0 unspecified atom stereocenters. The highest BCUT2D eigenvalue weighted by Crippen LogP contribution is 2.00. The highest BCUT2D eigenvalue weighted by Gasteiger charge is 2.09. The second-order valence-electron chi connectivity index (χ2n) is 3.29. The minimum Gasteiger partial charge on any atom is -0.395 e. The SMILES string of the molecule is C#CCCCN[C@H](CO)C(C)C. The highest BCUT2D eigenvalue weighted by atomic mass is 16.3. The number of unbranched alkanes of at least 4 members (excludes halogenated alkanes) is 1. The van der Waals surface area contributed by atoms with Crippen LogP contribution < -0.4 is 5.32 Å². The van der Waals surface area contributed by atoms with Gasteiger partial charge in [-0.2, -0.15) is 0 Å². The molecular formula is C10H19NO. The number of aliphatic hydroxyl groups excluding tert-OH is 1. The van der Waals surface area contributed by atoms with E-state index >= 15 is 0 Å². The highest BCUT2D eigenvalue weighted by molar-refractivity contribution is 4.83. The maximum absolute atomic E-state index is 8.95. The van der Waals surface area contributed by atoms with Crippen molar-refractivity contribution in [3.05, 3.63) is 0 Å². The molecule has 0 amide bonds. The summed E-state index contributed by atoms with van der Waals surface area (Å²) in [4.78, 5) is 0. The predicted molar refractivity (Wildman–Crippen MR) is 51.8 cm³/mol. The number of aliphatic hydroxyl groups is 1. The molecule has 0 aliphatic rings. The third-order valence-corrected chi connectivity index (χ3v) is 1.91. The van der Waals surface area contributed by atoms with E-state index in [4.69, 9.17) is 11.5 Å². The molecule has 2 nitrogen and oxygen atoms in total. The van der Waals surface area contributed by atoms with Crippen LogP contribution in [-0.2, 0) is 0 Å². The van der Waals surface area contributed by atoms with E-state index in [2.05, 4.69) is 25.1 Å². The first kappa shape index (κ1) is 11.5. The summed E-state index contributed by atoms with van der Waals surface area (Å²) in [7, 11) is 0. The van der Waals surface area contributed by atoms with Crippen LogP contribution in [-0.4, -0.2) is 24.3 Å². The summed E-state index contributed by atoms with van der Waals surface area (Å²) in [6.45, 7) is 5.28. The van der Waals surface area contributed by atoms with E-state index in [1.54, 1.807) is 0 Å². The summed E-state index contributed by atoms with van der Waals surface area (Å²) in [6, 6.07) is 0.211. The van der Waals surface area contributed by atoms with Gasteiger partial charge in [0.15, 0.2) is 0 Å². The first-order chi connectivity index (χ1) is 5.72. The van der Waals surface area contributed by atoms with Gasteiger partial charge in [0, 0.05) is 12.5 Å². The van der Waals surface area contributed by atoms with Crippen LogP contribution >= 0.6 is 0 Å². The summed E-state index contributed by atoms with van der Waals surface area (Å²) in [5, 5.41) is 12.2. The van der Waals surface area contributed by atoms with Crippen LogP contribution in [0.3, 0.4) is 0 Å². The van der Waals surface area contributed by atoms with Crippen molar-refractivity contribution < 1.29 is 5.11 Å². The molecule has 0 aliphatic carbocycles. The Morgan fingerprint density at radius 1 is 1.50 bits per heavy atom. The van der Waals surface area contributed by atoms with E-state index in [-0.39, 0.29) is 12.6 Å². The van der Waals surface area contributed by atoms with E-state index in [1.165, 1.54) is 0 Å². The Labute approximate surface area is 75.4 Å². The maximum Gasteiger partial charge on any atom is 0.0587 e. The maximum atomic E-state index is 8.95. The second-order valence-corrected chi connectivity index (χ2v) is 3.29. The standard InChI is InChI=1S/C10H19NO/c1-4-5-6-7-11-10(8-12)9(2)3/h1,9-12H,5-8H2,2-3H3/t10-/m1/s1. The van der Waals surface area contributed by atoms with Gasteiger partial charge in [-0.3, -0.25) is 0 Å². The van der Waals surface area contributed by atoms with Gasteiger partial charge < -0.3 is 10.4 Å². The molecule has 2 heteroatoms. The zero-order chi connectivity index (χ0) is 9.40. The molecule has 0 aromatic carbocycles. The van der Waals surface area contributed by atoms with Gasteiger partial charge in [0.05, 0.1) is 6.61 Å². The van der Waals surface area contributed by atoms with Crippen molar-refractivity contribution in [2.45, 2.75) is 32.7 Å². The van der Waals surface area contributed by atoms with Gasteiger partial charge in [-0.15, -0.1) is 12.3 Å². The Morgan fingerprint density at radius 3 is 2.58 bits per heavy atom. The normalized spacial score (nSPS) is 12.9. The smallest absolute Gasteiger partial charge is 0.0587 e. The molecule has 2 N–H and O–H groups in total. The Balaban J connectivity index is 3.40. The minimum absolute atomic E-state index is 0.202. The molecule has 0 aromatic rings. The van der Waals surface area contributed by atoms with Gasteiger partial charge >= 0.3 is 0 Å². The van der Waals surface area contributed by atoms with Gasteiger partial charge in [0.1, 0.15) is 0 Å². The van der Waals surface area contributed by atoms with Gasteiger partial charge in [0.25, 0.3) is 0 Å². The number of terminal acetylenes is 1. The van der Waals surface area contributed by atoms with Crippen molar-refractivity contribution in [3.8, 4) is 12.3 Å². The molecule has 0 radical (unpaired) electrons. The Morgan fingerprint density at radius 2 is 2.17 bits per heavy atom.